The van der Waals surface area contributed by atoms with E-state index in [-0.39, 0.29) is 12.2 Å². The maximum Gasteiger partial charge on any atom is 0.289 e. The summed E-state index contributed by atoms with van der Waals surface area (Å²) in [5.74, 6) is -0.747. The van der Waals surface area contributed by atoms with E-state index in [0.29, 0.717) is 4.47 Å². The molecule has 0 saturated heterocycles. The molecule has 0 aliphatic heterocycles. The highest BCUT2D eigenvalue weighted by atomic mass is 79.9. The van der Waals surface area contributed by atoms with Crippen molar-refractivity contribution in [2.75, 3.05) is 10.8 Å². The number of hydrogen-bond acceptors (Lipinski definition) is 4. The van der Waals surface area contributed by atoms with Gasteiger partial charge in [0.25, 0.3) is 15.7 Å². The van der Waals surface area contributed by atoms with E-state index in [1.807, 2.05) is 0 Å². The number of nitrogens with zero attached hydrogens (tertiary/aromatic N) is 2. The molecular weight excluding hydrogens is 391 g/mol. The summed E-state index contributed by atoms with van der Waals surface area (Å²) in [5, 5.41) is 11.1. The molecule has 0 amide bonds. The third kappa shape index (κ3) is 3.35. The van der Waals surface area contributed by atoms with E-state index in [4.69, 9.17) is 0 Å². The van der Waals surface area contributed by atoms with E-state index >= 15 is 0 Å². The molecule has 2 aromatic rings. The van der Waals surface area contributed by atoms with Crippen molar-refractivity contribution in [3.63, 3.8) is 0 Å². The molecule has 0 aliphatic carbocycles. The van der Waals surface area contributed by atoms with Gasteiger partial charge in [0.15, 0.2) is 4.90 Å². The summed E-state index contributed by atoms with van der Waals surface area (Å²) in [4.78, 5) is 9.81. The molecular formula is C14H12BrFN2O4S. The van der Waals surface area contributed by atoms with Gasteiger partial charge in [0, 0.05) is 17.1 Å². The van der Waals surface area contributed by atoms with Gasteiger partial charge in [0.1, 0.15) is 5.82 Å². The quantitative estimate of drug-likeness (QED) is 0.563. The smallest absolute Gasteiger partial charge is 0.263 e. The Kier molecular flexibility index (Phi) is 5.00. The maximum atomic E-state index is 14.1. The van der Waals surface area contributed by atoms with E-state index < -0.39 is 31.3 Å². The number of nitro groups is 1. The SMILES string of the molecule is CCN(c1ccc(Br)cc1F)S(=O)(=O)c1ccccc1[N+](=O)[O-]. The van der Waals surface area contributed by atoms with E-state index in [9.17, 15) is 22.9 Å². The van der Waals surface area contributed by atoms with Crippen LogP contribution in [0.15, 0.2) is 51.8 Å². The van der Waals surface area contributed by atoms with Gasteiger partial charge >= 0.3 is 0 Å². The van der Waals surface area contributed by atoms with Gasteiger partial charge in [-0.25, -0.2) is 12.8 Å². The lowest BCUT2D eigenvalue weighted by Gasteiger charge is -2.23. The number of benzene rings is 2. The lowest BCUT2D eigenvalue weighted by molar-refractivity contribution is -0.387. The molecule has 6 nitrogen and oxygen atoms in total. The van der Waals surface area contributed by atoms with Gasteiger partial charge in [-0.2, -0.15) is 0 Å². The van der Waals surface area contributed by atoms with Crippen LogP contribution in [0.25, 0.3) is 0 Å². The second kappa shape index (κ2) is 6.63. The molecule has 0 aliphatic rings. The van der Waals surface area contributed by atoms with Crippen LogP contribution in [0.4, 0.5) is 15.8 Å². The molecule has 122 valence electrons. The lowest BCUT2D eigenvalue weighted by atomic mass is 10.3. The third-order valence-electron chi connectivity index (χ3n) is 3.10. The van der Waals surface area contributed by atoms with Crippen molar-refractivity contribution in [3.05, 3.63) is 62.9 Å². The van der Waals surface area contributed by atoms with Crippen LogP contribution in [0.5, 0.6) is 0 Å². The van der Waals surface area contributed by atoms with Crippen molar-refractivity contribution < 1.29 is 17.7 Å². The topological polar surface area (TPSA) is 80.5 Å². The second-order valence-corrected chi connectivity index (χ2v) is 7.24. The summed E-state index contributed by atoms with van der Waals surface area (Å²) < 4.78 is 40.9. The normalized spacial score (nSPS) is 11.3. The summed E-state index contributed by atoms with van der Waals surface area (Å²) in [6, 6.07) is 8.91. The Bertz CT molecular complexity index is 858. The van der Waals surface area contributed by atoms with Crippen LogP contribution < -0.4 is 4.31 Å². The first-order valence-electron chi connectivity index (χ1n) is 6.50. The zero-order chi connectivity index (χ0) is 17.2. The zero-order valence-corrected chi connectivity index (χ0v) is 14.3. The molecule has 2 rings (SSSR count). The van der Waals surface area contributed by atoms with Crippen molar-refractivity contribution in [2.24, 2.45) is 0 Å². The van der Waals surface area contributed by atoms with Crippen molar-refractivity contribution in [1.29, 1.82) is 0 Å². The summed E-state index contributed by atoms with van der Waals surface area (Å²) in [7, 11) is -4.28. The number of rotatable bonds is 5. The minimum Gasteiger partial charge on any atom is -0.263 e. The molecule has 0 spiro atoms. The maximum absolute atomic E-state index is 14.1. The third-order valence-corrected chi connectivity index (χ3v) is 5.53. The standard InChI is InChI=1S/C14H12BrFN2O4S/c1-2-17(12-8-7-10(15)9-11(12)16)23(21,22)14-6-4-3-5-13(14)18(19)20/h3-9H,2H2,1H3. The molecule has 2 aromatic carbocycles. The summed E-state index contributed by atoms with van der Waals surface area (Å²) >= 11 is 3.10. The predicted molar refractivity (Wildman–Crippen MR) is 87.4 cm³/mol. The van der Waals surface area contributed by atoms with Gasteiger partial charge in [0.05, 0.1) is 10.6 Å². The van der Waals surface area contributed by atoms with Gasteiger partial charge < -0.3 is 0 Å². The highest BCUT2D eigenvalue weighted by molar-refractivity contribution is 9.10. The molecule has 0 heterocycles. The lowest BCUT2D eigenvalue weighted by Crippen LogP contribution is -2.32. The Balaban J connectivity index is 2.63. The number of hydrogen-bond donors (Lipinski definition) is 0. The molecule has 0 radical (unpaired) electrons. The van der Waals surface area contributed by atoms with Crippen LogP contribution in [0, 0.1) is 15.9 Å². The molecule has 0 saturated carbocycles. The minimum atomic E-state index is -4.28. The Morgan fingerprint density at radius 3 is 2.48 bits per heavy atom. The summed E-state index contributed by atoms with van der Waals surface area (Å²) in [6.45, 7) is 1.45. The molecule has 9 heteroatoms. The fourth-order valence-electron chi connectivity index (χ4n) is 2.10. The first kappa shape index (κ1) is 17.4. The Morgan fingerprint density at radius 1 is 1.26 bits per heavy atom. The van der Waals surface area contributed by atoms with Crippen LogP contribution >= 0.6 is 15.9 Å². The van der Waals surface area contributed by atoms with Gasteiger partial charge in [-0.1, -0.05) is 28.1 Å². The zero-order valence-electron chi connectivity index (χ0n) is 11.9. The highest BCUT2D eigenvalue weighted by Gasteiger charge is 2.32. The number of nitro benzene ring substituents is 1. The van der Waals surface area contributed by atoms with Gasteiger partial charge in [0.2, 0.25) is 0 Å². The number of sulfonamides is 1. The Hall–Kier alpha value is -2.00. The molecule has 0 unspecified atom stereocenters. The molecule has 0 fully saturated rings. The van der Waals surface area contributed by atoms with Gasteiger partial charge in [-0.15, -0.1) is 0 Å². The van der Waals surface area contributed by atoms with E-state index in [0.717, 1.165) is 22.5 Å². The number of halogens is 2. The van der Waals surface area contributed by atoms with Gasteiger partial charge in [-0.3, -0.25) is 14.4 Å². The van der Waals surface area contributed by atoms with Crippen molar-refractivity contribution >= 4 is 37.3 Å². The molecule has 0 bridgehead atoms. The Morgan fingerprint density at radius 2 is 1.91 bits per heavy atom. The molecule has 23 heavy (non-hydrogen) atoms. The van der Waals surface area contributed by atoms with Crippen molar-refractivity contribution in [1.82, 2.24) is 0 Å². The second-order valence-electron chi connectivity index (χ2n) is 4.49. The van der Waals surface area contributed by atoms with Crippen LogP contribution in [0.2, 0.25) is 0 Å². The van der Waals surface area contributed by atoms with Crippen LogP contribution in [-0.2, 0) is 10.0 Å². The van der Waals surface area contributed by atoms with E-state index in [1.165, 1.54) is 31.2 Å². The summed E-state index contributed by atoms with van der Waals surface area (Å²) in [5.41, 5.74) is -0.725. The van der Waals surface area contributed by atoms with Crippen molar-refractivity contribution in [3.8, 4) is 0 Å². The Labute approximate surface area is 140 Å². The monoisotopic (exact) mass is 402 g/mol. The van der Waals surface area contributed by atoms with Crippen molar-refractivity contribution in [2.45, 2.75) is 11.8 Å². The van der Waals surface area contributed by atoms with Crippen LogP contribution in [-0.4, -0.2) is 19.9 Å². The minimum absolute atomic E-state index is 0.0765. The average Bonchev–Trinajstić information content (AvgIpc) is 2.50. The van der Waals surface area contributed by atoms with E-state index in [1.54, 1.807) is 0 Å². The average molecular weight is 403 g/mol. The fraction of sp³-hybridized carbons (Fsp3) is 0.143. The fourth-order valence-corrected chi connectivity index (χ4v) is 4.07. The first-order chi connectivity index (χ1) is 10.8. The number of para-hydroxylation sites is 1. The largest absolute Gasteiger partial charge is 0.289 e. The van der Waals surface area contributed by atoms with Crippen LogP contribution in [0.1, 0.15) is 6.92 Å². The molecule has 0 atom stereocenters. The van der Waals surface area contributed by atoms with Crippen LogP contribution in [0.3, 0.4) is 0 Å². The molecule has 0 N–H and O–H groups in total. The summed E-state index contributed by atoms with van der Waals surface area (Å²) in [6.07, 6.45) is 0. The number of anilines is 1. The van der Waals surface area contributed by atoms with Gasteiger partial charge in [-0.05, 0) is 31.2 Å². The highest BCUT2D eigenvalue weighted by Crippen LogP contribution is 2.31. The molecule has 0 aromatic heterocycles. The predicted octanol–water partition coefficient (Wildman–Crippen LogP) is 3.71. The first-order valence-corrected chi connectivity index (χ1v) is 8.73. The van der Waals surface area contributed by atoms with E-state index in [2.05, 4.69) is 15.9 Å².